The molecule has 0 N–H and O–H groups in total. The first-order valence-corrected chi connectivity index (χ1v) is 8.11. The molecule has 0 aromatic carbocycles. The number of ketones is 1. The molecular formula is C16H27NO. The summed E-state index contributed by atoms with van der Waals surface area (Å²) in [5, 5.41) is 0. The molecule has 1 aliphatic heterocycles. The Hall–Kier alpha value is -0.370. The van der Waals surface area contributed by atoms with Crippen molar-refractivity contribution in [3.05, 3.63) is 0 Å². The van der Waals surface area contributed by atoms with E-state index in [0.717, 1.165) is 18.8 Å². The molecule has 2 unspecified atom stereocenters. The summed E-state index contributed by atoms with van der Waals surface area (Å²) in [5.74, 6) is 1.90. The molecule has 0 spiro atoms. The van der Waals surface area contributed by atoms with Gasteiger partial charge in [-0.05, 0) is 51.0 Å². The van der Waals surface area contributed by atoms with E-state index in [2.05, 4.69) is 4.90 Å². The molecule has 0 aromatic rings. The number of nitrogens with zero attached hydrogens (tertiary/aromatic N) is 1. The highest BCUT2D eigenvalue weighted by molar-refractivity contribution is 5.83. The standard InChI is InChI=1S/C16H27NO/c18-16-10-5-8-14(16)15-9-3-4-11-17(15)12-13-6-1-2-7-13/h13-15H,1-12H2. The lowest BCUT2D eigenvalue weighted by Gasteiger charge is -2.40. The van der Waals surface area contributed by atoms with Crippen LogP contribution in [0.4, 0.5) is 0 Å². The van der Waals surface area contributed by atoms with Gasteiger partial charge in [-0.25, -0.2) is 0 Å². The van der Waals surface area contributed by atoms with Crippen LogP contribution in [-0.4, -0.2) is 29.8 Å². The molecule has 2 aliphatic carbocycles. The second kappa shape index (κ2) is 5.73. The molecule has 18 heavy (non-hydrogen) atoms. The number of rotatable bonds is 3. The lowest BCUT2D eigenvalue weighted by molar-refractivity contribution is -0.123. The molecule has 0 bridgehead atoms. The Morgan fingerprint density at radius 1 is 0.944 bits per heavy atom. The maximum atomic E-state index is 12.0. The van der Waals surface area contributed by atoms with E-state index in [1.165, 1.54) is 64.5 Å². The molecule has 2 atom stereocenters. The second-order valence-corrected chi connectivity index (χ2v) is 6.67. The highest BCUT2D eigenvalue weighted by atomic mass is 16.1. The van der Waals surface area contributed by atoms with Crippen LogP contribution in [-0.2, 0) is 4.79 Å². The van der Waals surface area contributed by atoms with Gasteiger partial charge in [0.05, 0.1) is 0 Å². The first kappa shape index (κ1) is 12.7. The van der Waals surface area contributed by atoms with Crippen LogP contribution in [0.25, 0.3) is 0 Å². The summed E-state index contributed by atoms with van der Waals surface area (Å²) >= 11 is 0. The third-order valence-corrected chi connectivity index (χ3v) is 5.45. The molecular weight excluding hydrogens is 222 g/mol. The molecule has 1 heterocycles. The Morgan fingerprint density at radius 2 is 1.72 bits per heavy atom. The van der Waals surface area contributed by atoms with Crippen LogP contribution in [0.15, 0.2) is 0 Å². The molecule has 102 valence electrons. The summed E-state index contributed by atoms with van der Waals surface area (Å²) in [7, 11) is 0. The van der Waals surface area contributed by atoms with Crippen LogP contribution in [0.2, 0.25) is 0 Å². The number of hydrogen-bond acceptors (Lipinski definition) is 2. The average Bonchev–Trinajstić information content (AvgIpc) is 3.02. The van der Waals surface area contributed by atoms with Crippen LogP contribution >= 0.6 is 0 Å². The van der Waals surface area contributed by atoms with E-state index in [1.54, 1.807) is 0 Å². The molecule has 3 fully saturated rings. The van der Waals surface area contributed by atoms with Gasteiger partial charge in [0.15, 0.2) is 0 Å². The SMILES string of the molecule is O=C1CCCC1C1CCCCN1CC1CCCC1. The van der Waals surface area contributed by atoms with Crippen molar-refractivity contribution in [1.29, 1.82) is 0 Å². The molecule has 0 radical (unpaired) electrons. The van der Waals surface area contributed by atoms with Gasteiger partial charge < -0.3 is 0 Å². The zero-order valence-electron chi connectivity index (χ0n) is 11.6. The Labute approximate surface area is 111 Å². The van der Waals surface area contributed by atoms with Crippen molar-refractivity contribution in [2.45, 2.75) is 70.3 Å². The summed E-state index contributed by atoms with van der Waals surface area (Å²) in [5.41, 5.74) is 0. The zero-order chi connectivity index (χ0) is 12.4. The monoisotopic (exact) mass is 249 g/mol. The van der Waals surface area contributed by atoms with E-state index in [1.807, 2.05) is 0 Å². The van der Waals surface area contributed by atoms with Crippen LogP contribution in [0, 0.1) is 11.8 Å². The van der Waals surface area contributed by atoms with Crippen molar-refractivity contribution in [1.82, 2.24) is 4.90 Å². The first-order chi connectivity index (χ1) is 8.84. The van der Waals surface area contributed by atoms with Gasteiger partial charge in [0.1, 0.15) is 5.78 Å². The fraction of sp³-hybridized carbons (Fsp3) is 0.938. The van der Waals surface area contributed by atoms with Crippen LogP contribution in [0.1, 0.15) is 64.2 Å². The summed E-state index contributed by atoms with van der Waals surface area (Å²) in [4.78, 5) is 14.7. The van der Waals surface area contributed by atoms with Gasteiger partial charge in [-0.1, -0.05) is 19.3 Å². The van der Waals surface area contributed by atoms with E-state index in [4.69, 9.17) is 0 Å². The fourth-order valence-corrected chi connectivity index (χ4v) is 4.47. The fourth-order valence-electron chi connectivity index (χ4n) is 4.47. The summed E-state index contributed by atoms with van der Waals surface area (Å²) in [6, 6.07) is 0.606. The van der Waals surface area contributed by atoms with Crippen molar-refractivity contribution >= 4 is 5.78 Å². The minimum atomic E-state index is 0.395. The van der Waals surface area contributed by atoms with Gasteiger partial charge in [-0.15, -0.1) is 0 Å². The molecule has 0 amide bonds. The molecule has 2 saturated carbocycles. The summed E-state index contributed by atoms with van der Waals surface area (Å²) < 4.78 is 0. The molecule has 1 saturated heterocycles. The van der Waals surface area contributed by atoms with Gasteiger partial charge in [-0.2, -0.15) is 0 Å². The minimum absolute atomic E-state index is 0.395. The largest absolute Gasteiger partial charge is 0.299 e. The quantitative estimate of drug-likeness (QED) is 0.764. The predicted octanol–water partition coefficient (Wildman–Crippen LogP) is 3.40. The Morgan fingerprint density at radius 3 is 2.44 bits per heavy atom. The van der Waals surface area contributed by atoms with E-state index in [-0.39, 0.29) is 0 Å². The smallest absolute Gasteiger partial charge is 0.137 e. The third-order valence-electron chi connectivity index (χ3n) is 5.45. The summed E-state index contributed by atoms with van der Waals surface area (Å²) in [6.07, 6.45) is 12.9. The van der Waals surface area contributed by atoms with Gasteiger partial charge in [0.25, 0.3) is 0 Å². The summed E-state index contributed by atoms with van der Waals surface area (Å²) in [6.45, 7) is 2.54. The number of hydrogen-bond donors (Lipinski definition) is 0. The van der Waals surface area contributed by atoms with E-state index in [0.29, 0.717) is 17.7 Å². The number of carbonyl (C=O) groups is 1. The van der Waals surface area contributed by atoms with Crippen molar-refractivity contribution in [3.63, 3.8) is 0 Å². The number of piperidine rings is 1. The lowest BCUT2D eigenvalue weighted by Crippen LogP contribution is -2.47. The van der Waals surface area contributed by atoms with Gasteiger partial charge in [0, 0.05) is 24.9 Å². The van der Waals surface area contributed by atoms with Crippen LogP contribution in [0.5, 0.6) is 0 Å². The predicted molar refractivity (Wildman–Crippen MR) is 73.5 cm³/mol. The Kier molecular flexibility index (Phi) is 4.03. The molecule has 2 heteroatoms. The number of likely N-dealkylation sites (tertiary alicyclic amines) is 1. The normalized spacial score (nSPS) is 35.4. The highest BCUT2D eigenvalue weighted by Crippen LogP contribution is 2.34. The number of Topliss-reactive ketones (excluding diaryl/α,β-unsaturated/α-hetero) is 1. The molecule has 0 aromatic heterocycles. The Balaban J connectivity index is 1.63. The molecule has 2 nitrogen and oxygen atoms in total. The van der Waals surface area contributed by atoms with Gasteiger partial charge in [0.2, 0.25) is 0 Å². The molecule has 3 aliphatic rings. The van der Waals surface area contributed by atoms with Crippen molar-refractivity contribution in [2.24, 2.45) is 11.8 Å². The van der Waals surface area contributed by atoms with E-state index in [9.17, 15) is 4.79 Å². The third kappa shape index (κ3) is 2.64. The highest BCUT2D eigenvalue weighted by Gasteiger charge is 2.37. The van der Waals surface area contributed by atoms with E-state index < -0.39 is 0 Å². The van der Waals surface area contributed by atoms with Crippen molar-refractivity contribution in [2.75, 3.05) is 13.1 Å². The van der Waals surface area contributed by atoms with Crippen LogP contribution < -0.4 is 0 Å². The average molecular weight is 249 g/mol. The van der Waals surface area contributed by atoms with Gasteiger partial charge in [-0.3, -0.25) is 9.69 Å². The van der Waals surface area contributed by atoms with Gasteiger partial charge >= 0.3 is 0 Å². The maximum Gasteiger partial charge on any atom is 0.137 e. The Bertz CT molecular complexity index is 295. The van der Waals surface area contributed by atoms with Crippen LogP contribution in [0.3, 0.4) is 0 Å². The maximum absolute atomic E-state index is 12.0. The number of carbonyl (C=O) groups excluding carboxylic acids is 1. The van der Waals surface area contributed by atoms with E-state index >= 15 is 0 Å². The lowest BCUT2D eigenvalue weighted by atomic mass is 9.87. The van der Waals surface area contributed by atoms with Crippen molar-refractivity contribution < 1.29 is 4.79 Å². The minimum Gasteiger partial charge on any atom is -0.299 e. The zero-order valence-corrected chi connectivity index (χ0v) is 11.6. The first-order valence-electron chi connectivity index (χ1n) is 8.11. The van der Waals surface area contributed by atoms with Crippen molar-refractivity contribution in [3.8, 4) is 0 Å². The molecule has 3 rings (SSSR count). The second-order valence-electron chi connectivity index (χ2n) is 6.67. The topological polar surface area (TPSA) is 20.3 Å².